The lowest BCUT2D eigenvalue weighted by atomic mass is 9.92. The highest BCUT2D eigenvalue weighted by Crippen LogP contribution is 2.31. The van der Waals surface area contributed by atoms with Gasteiger partial charge in [0, 0.05) is 17.9 Å². The van der Waals surface area contributed by atoms with Crippen molar-refractivity contribution in [3.8, 4) is 0 Å². The molecule has 1 atom stereocenters. The number of halogens is 1. The van der Waals surface area contributed by atoms with Crippen LogP contribution in [0.25, 0.3) is 0 Å². The molecule has 9 heteroatoms. The van der Waals surface area contributed by atoms with Crippen LogP contribution in [-0.4, -0.2) is 21.8 Å². The number of carbonyl (C=O) groups excluding carboxylic acids is 2. The second-order valence-corrected chi connectivity index (χ2v) is 8.57. The van der Waals surface area contributed by atoms with Crippen LogP contribution in [-0.2, 0) is 15.3 Å². The summed E-state index contributed by atoms with van der Waals surface area (Å²) in [6, 6.07) is 11.9. The molecule has 2 aromatic carbocycles. The standard InChI is InChI=1S/C23H21FN4O3S/c1-12-5-3-4-6-14(12)11-32-23-27-20-19(22(31)28-23)16(10-18(29)26-20)21(30)25-17-9-15(24)8-7-13(17)2/h3-9,16H,10-11H2,1-2H3,(H,25,30)(H2,26,27,28,29,31)/t16-/m0/s1. The number of aryl methyl sites for hydroxylation is 2. The predicted octanol–water partition coefficient (Wildman–Crippen LogP) is 3.88. The molecule has 1 aliphatic rings. The topological polar surface area (TPSA) is 104 Å². The smallest absolute Gasteiger partial charge is 0.257 e. The molecule has 0 saturated carbocycles. The van der Waals surface area contributed by atoms with E-state index in [0.29, 0.717) is 16.5 Å². The molecule has 0 bridgehead atoms. The molecule has 0 radical (unpaired) electrons. The fourth-order valence-corrected chi connectivity index (χ4v) is 4.45. The van der Waals surface area contributed by atoms with Crippen molar-refractivity contribution in [2.45, 2.75) is 37.1 Å². The van der Waals surface area contributed by atoms with Gasteiger partial charge in [0.1, 0.15) is 11.6 Å². The van der Waals surface area contributed by atoms with E-state index in [1.165, 1.54) is 23.9 Å². The van der Waals surface area contributed by atoms with Crippen LogP contribution in [0.4, 0.5) is 15.9 Å². The number of benzene rings is 2. The molecule has 0 saturated heterocycles. The molecule has 32 heavy (non-hydrogen) atoms. The number of hydrogen-bond donors (Lipinski definition) is 3. The van der Waals surface area contributed by atoms with Gasteiger partial charge in [-0.2, -0.15) is 0 Å². The van der Waals surface area contributed by atoms with Crippen LogP contribution in [0.3, 0.4) is 0 Å². The Bertz CT molecular complexity index is 1270. The zero-order chi connectivity index (χ0) is 22.8. The number of carbonyl (C=O) groups is 2. The van der Waals surface area contributed by atoms with Crippen LogP contribution < -0.4 is 16.2 Å². The maximum Gasteiger partial charge on any atom is 0.257 e. The molecule has 164 valence electrons. The third-order valence-electron chi connectivity index (χ3n) is 5.33. The number of aromatic nitrogens is 2. The highest BCUT2D eigenvalue weighted by Gasteiger charge is 2.35. The average molecular weight is 453 g/mol. The number of nitrogens with one attached hydrogen (secondary N) is 3. The Kier molecular flexibility index (Phi) is 6.09. The van der Waals surface area contributed by atoms with Crippen molar-refractivity contribution in [1.29, 1.82) is 0 Å². The van der Waals surface area contributed by atoms with E-state index in [-0.39, 0.29) is 23.5 Å². The predicted molar refractivity (Wildman–Crippen MR) is 121 cm³/mol. The minimum Gasteiger partial charge on any atom is -0.325 e. The van der Waals surface area contributed by atoms with Gasteiger partial charge in [-0.3, -0.25) is 14.4 Å². The Balaban J connectivity index is 1.60. The van der Waals surface area contributed by atoms with Crippen molar-refractivity contribution in [2.24, 2.45) is 0 Å². The van der Waals surface area contributed by atoms with Gasteiger partial charge in [-0.25, -0.2) is 9.37 Å². The van der Waals surface area contributed by atoms with Gasteiger partial charge in [-0.05, 0) is 42.7 Å². The van der Waals surface area contributed by atoms with Crippen molar-refractivity contribution in [1.82, 2.24) is 9.97 Å². The van der Waals surface area contributed by atoms with E-state index in [2.05, 4.69) is 20.6 Å². The summed E-state index contributed by atoms with van der Waals surface area (Å²) >= 11 is 1.33. The summed E-state index contributed by atoms with van der Waals surface area (Å²) in [6.07, 6.45) is -0.201. The molecule has 7 nitrogen and oxygen atoms in total. The van der Waals surface area contributed by atoms with Crippen molar-refractivity contribution < 1.29 is 14.0 Å². The van der Waals surface area contributed by atoms with Gasteiger partial charge in [0.05, 0.1) is 11.5 Å². The van der Waals surface area contributed by atoms with Gasteiger partial charge in [-0.15, -0.1) is 0 Å². The van der Waals surface area contributed by atoms with E-state index in [1.54, 1.807) is 13.0 Å². The molecule has 2 amide bonds. The van der Waals surface area contributed by atoms with Gasteiger partial charge in [0.15, 0.2) is 5.16 Å². The maximum absolute atomic E-state index is 13.6. The Morgan fingerprint density at radius 3 is 2.75 bits per heavy atom. The molecule has 1 aliphatic heterocycles. The molecule has 0 unspecified atom stereocenters. The number of thioether (sulfide) groups is 1. The van der Waals surface area contributed by atoms with Crippen LogP contribution >= 0.6 is 11.8 Å². The number of nitrogens with zero attached hydrogens (tertiary/aromatic N) is 1. The summed E-state index contributed by atoms with van der Waals surface area (Å²) in [5.41, 5.74) is 2.78. The number of amides is 2. The molecular weight excluding hydrogens is 431 g/mol. The highest BCUT2D eigenvalue weighted by molar-refractivity contribution is 7.98. The van der Waals surface area contributed by atoms with Crippen molar-refractivity contribution in [3.05, 3.63) is 80.9 Å². The van der Waals surface area contributed by atoms with Crippen LogP contribution in [0.5, 0.6) is 0 Å². The van der Waals surface area contributed by atoms with E-state index < -0.39 is 29.1 Å². The van der Waals surface area contributed by atoms with Crippen LogP contribution in [0.15, 0.2) is 52.4 Å². The summed E-state index contributed by atoms with van der Waals surface area (Å²) < 4.78 is 13.6. The minimum atomic E-state index is -1.03. The Hall–Kier alpha value is -3.46. The molecule has 3 aromatic rings. The lowest BCUT2D eigenvalue weighted by molar-refractivity contribution is -0.123. The Morgan fingerprint density at radius 1 is 1.19 bits per heavy atom. The second kappa shape index (κ2) is 8.96. The fraction of sp³-hybridized carbons (Fsp3) is 0.217. The second-order valence-electron chi connectivity index (χ2n) is 7.60. The largest absolute Gasteiger partial charge is 0.325 e. The SMILES string of the molecule is Cc1ccccc1CSc1nc2c(c(=O)[nH]1)[C@@H](C(=O)Nc1cc(F)ccc1C)CC(=O)N2. The van der Waals surface area contributed by atoms with Gasteiger partial charge < -0.3 is 15.6 Å². The molecule has 3 N–H and O–H groups in total. The van der Waals surface area contributed by atoms with Crippen molar-refractivity contribution in [2.75, 3.05) is 10.6 Å². The quantitative estimate of drug-likeness (QED) is 0.403. The number of hydrogen-bond acceptors (Lipinski definition) is 5. The first kappa shape index (κ1) is 21.8. The van der Waals surface area contributed by atoms with E-state index in [1.807, 2.05) is 31.2 Å². The number of rotatable bonds is 5. The molecular formula is C23H21FN4O3S. The summed E-state index contributed by atoms with van der Waals surface area (Å²) in [5.74, 6) is -1.85. The normalized spacial score (nSPS) is 15.1. The van der Waals surface area contributed by atoms with E-state index in [9.17, 15) is 18.8 Å². The summed E-state index contributed by atoms with van der Waals surface area (Å²) in [7, 11) is 0. The molecule has 0 aliphatic carbocycles. The highest BCUT2D eigenvalue weighted by atomic mass is 32.2. The summed E-state index contributed by atoms with van der Waals surface area (Å²) in [5, 5.41) is 5.58. The van der Waals surface area contributed by atoms with E-state index in [4.69, 9.17) is 0 Å². The molecule has 0 spiro atoms. The van der Waals surface area contributed by atoms with Gasteiger partial charge in [0.25, 0.3) is 5.56 Å². The molecule has 0 fully saturated rings. The van der Waals surface area contributed by atoms with Gasteiger partial charge in [0.2, 0.25) is 11.8 Å². The van der Waals surface area contributed by atoms with Crippen molar-refractivity contribution in [3.63, 3.8) is 0 Å². The summed E-state index contributed by atoms with van der Waals surface area (Å²) in [6.45, 7) is 3.73. The number of H-pyrrole nitrogens is 1. The Morgan fingerprint density at radius 2 is 1.97 bits per heavy atom. The van der Waals surface area contributed by atoms with Crippen molar-refractivity contribution >= 4 is 35.1 Å². The maximum atomic E-state index is 13.6. The van der Waals surface area contributed by atoms with E-state index in [0.717, 1.165) is 11.1 Å². The first-order valence-electron chi connectivity index (χ1n) is 10.00. The zero-order valence-electron chi connectivity index (χ0n) is 17.5. The lowest BCUT2D eigenvalue weighted by Gasteiger charge is -2.23. The lowest BCUT2D eigenvalue weighted by Crippen LogP contribution is -2.36. The first-order valence-corrected chi connectivity index (χ1v) is 11.0. The van der Waals surface area contributed by atoms with Crippen LogP contribution in [0.1, 0.15) is 34.6 Å². The third-order valence-corrected chi connectivity index (χ3v) is 6.25. The van der Waals surface area contributed by atoms with E-state index >= 15 is 0 Å². The number of fused-ring (bicyclic) bond motifs is 1. The fourth-order valence-electron chi connectivity index (χ4n) is 3.51. The molecule has 1 aromatic heterocycles. The van der Waals surface area contributed by atoms with Gasteiger partial charge >= 0.3 is 0 Å². The van der Waals surface area contributed by atoms with Crippen LogP contribution in [0, 0.1) is 19.7 Å². The monoisotopic (exact) mass is 452 g/mol. The average Bonchev–Trinajstić information content (AvgIpc) is 2.75. The Labute approximate surface area is 187 Å². The van der Waals surface area contributed by atoms with Gasteiger partial charge in [-0.1, -0.05) is 42.1 Å². The zero-order valence-corrected chi connectivity index (χ0v) is 18.3. The number of aromatic amines is 1. The third kappa shape index (κ3) is 4.57. The summed E-state index contributed by atoms with van der Waals surface area (Å²) in [4.78, 5) is 45.1. The number of anilines is 2. The van der Waals surface area contributed by atoms with Crippen LogP contribution in [0.2, 0.25) is 0 Å². The minimum absolute atomic E-state index is 0.0772. The molecule has 4 rings (SSSR count). The molecule has 2 heterocycles. The first-order chi connectivity index (χ1) is 15.3.